The Labute approximate surface area is 118 Å². The number of hydrogen-bond donors (Lipinski definition) is 0. The molecule has 1 heteroatoms. The quantitative estimate of drug-likeness (QED) is 0.606. The lowest BCUT2D eigenvalue weighted by atomic mass is 10.1. The number of benzene rings is 1. The Morgan fingerprint density at radius 2 is 1.68 bits per heavy atom. The molecule has 1 aromatic rings. The van der Waals surface area contributed by atoms with Crippen molar-refractivity contribution in [1.29, 1.82) is 0 Å². The SMILES string of the molecule is CC(C)=CCC/C(C)=C/CCN(C)c1ccccc1. The van der Waals surface area contributed by atoms with Crippen LogP contribution in [0.2, 0.25) is 0 Å². The van der Waals surface area contributed by atoms with Crippen LogP contribution in [0.3, 0.4) is 0 Å². The molecule has 0 amide bonds. The van der Waals surface area contributed by atoms with Gasteiger partial charge in [0.05, 0.1) is 0 Å². The number of anilines is 1. The van der Waals surface area contributed by atoms with Gasteiger partial charge in [0, 0.05) is 19.3 Å². The van der Waals surface area contributed by atoms with Gasteiger partial charge in [0.1, 0.15) is 0 Å². The fourth-order valence-corrected chi connectivity index (χ4v) is 2.01. The Kier molecular flexibility index (Phi) is 7.02. The maximum atomic E-state index is 2.37. The molecule has 0 spiro atoms. The van der Waals surface area contributed by atoms with Crippen molar-refractivity contribution in [1.82, 2.24) is 0 Å². The van der Waals surface area contributed by atoms with Crippen LogP contribution in [0.15, 0.2) is 53.6 Å². The van der Waals surface area contributed by atoms with Crippen LogP contribution in [-0.2, 0) is 0 Å². The fourth-order valence-electron chi connectivity index (χ4n) is 2.01. The summed E-state index contributed by atoms with van der Waals surface area (Å²) in [5.74, 6) is 0. The van der Waals surface area contributed by atoms with Crippen LogP contribution < -0.4 is 4.90 Å². The van der Waals surface area contributed by atoms with Crippen molar-refractivity contribution in [3.8, 4) is 0 Å². The molecule has 0 heterocycles. The molecule has 1 aromatic carbocycles. The zero-order chi connectivity index (χ0) is 14.1. The van der Waals surface area contributed by atoms with Crippen LogP contribution in [-0.4, -0.2) is 13.6 Å². The van der Waals surface area contributed by atoms with E-state index in [-0.39, 0.29) is 0 Å². The lowest BCUT2D eigenvalue weighted by molar-refractivity contribution is 0.878. The van der Waals surface area contributed by atoms with Gasteiger partial charge in [-0.25, -0.2) is 0 Å². The van der Waals surface area contributed by atoms with E-state index in [1.165, 1.54) is 29.7 Å². The molecule has 0 fully saturated rings. The summed E-state index contributed by atoms with van der Waals surface area (Å²) in [6, 6.07) is 10.6. The van der Waals surface area contributed by atoms with Gasteiger partial charge in [-0.05, 0) is 52.2 Å². The summed E-state index contributed by atoms with van der Waals surface area (Å²) in [5, 5.41) is 0. The van der Waals surface area contributed by atoms with Gasteiger partial charge >= 0.3 is 0 Å². The average molecular weight is 257 g/mol. The maximum Gasteiger partial charge on any atom is 0.0363 e. The minimum atomic E-state index is 1.07. The van der Waals surface area contributed by atoms with Gasteiger partial charge in [0.25, 0.3) is 0 Å². The summed E-state index contributed by atoms with van der Waals surface area (Å²) in [6.07, 6.45) is 8.15. The topological polar surface area (TPSA) is 3.24 Å². The van der Waals surface area contributed by atoms with E-state index < -0.39 is 0 Å². The second kappa shape index (κ2) is 8.58. The van der Waals surface area contributed by atoms with Crippen molar-refractivity contribution in [2.24, 2.45) is 0 Å². The largest absolute Gasteiger partial charge is 0.374 e. The highest BCUT2D eigenvalue weighted by Crippen LogP contribution is 2.12. The van der Waals surface area contributed by atoms with Crippen LogP contribution in [0, 0.1) is 0 Å². The van der Waals surface area contributed by atoms with Gasteiger partial charge in [0.2, 0.25) is 0 Å². The zero-order valence-corrected chi connectivity index (χ0v) is 12.8. The first-order valence-electron chi connectivity index (χ1n) is 7.15. The van der Waals surface area contributed by atoms with Crippen LogP contribution >= 0.6 is 0 Å². The van der Waals surface area contributed by atoms with Crippen LogP contribution in [0.1, 0.15) is 40.0 Å². The highest BCUT2D eigenvalue weighted by Gasteiger charge is 1.97. The molecule has 104 valence electrons. The maximum absolute atomic E-state index is 2.37. The average Bonchev–Trinajstić information content (AvgIpc) is 2.39. The second-order valence-electron chi connectivity index (χ2n) is 5.42. The highest BCUT2D eigenvalue weighted by molar-refractivity contribution is 5.44. The Hall–Kier alpha value is -1.50. The Morgan fingerprint density at radius 3 is 2.32 bits per heavy atom. The molecule has 0 unspecified atom stereocenters. The first kappa shape index (κ1) is 15.6. The van der Waals surface area contributed by atoms with Gasteiger partial charge < -0.3 is 4.90 Å². The van der Waals surface area contributed by atoms with Gasteiger partial charge in [-0.2, -0.15) is 0 Å². The van der Waals surface area contributed by atoms with Crippen molar-refractivity contribution in [3.63, 3.8) is 0 Å². The van der Waals surface area contributed by atoms with Crippen molar-refractivity contribution in [2.45, 2.75) is 40.0 Å². The van der Waals surface area contributed by atoms with Crippen LogP contribution in [0.4, 0.5) is 5.69 Å². The standard InChI is InChI=1S/C18H27N/c1-16(2)10-8-11-17(3)12-9-15-19(4)18-13-6-5-7-14-18/h5-7,10,12-14H,8-9,11,15H2,1-4H3/b17-12+. The molecule has 1 rings (SSSR count). The van der Waals surface area contributed by atoms with Gasteiger partial charge in [0.15, 0.2) is 0 Å². The Morgan fingerprint density at radius 1 is 1.00 bits per heavy atom. The highest BCUT2D eigenvalue weighted by atomic mass is 15.1. The molecule has 0 N–H and O–H groups in total. The van der Waals surface area contributed by atoms with E-state index >= 15 is 0 Å². The number of para-hydroxylation sites is 1. The predicted octanol–water partition coefficient (Wildman–Crippen LogP) is 5.21. The van der Waals surface area contributed by atoms with E-state index in [4.69, 9.17) is 0 Å². The molecule has 1 nitrogen and oxygen atoms in total. The van der Waals surface area contributed by atoms with Crippen LogP contribution in [0.5, 0.6) is 0 Å². The molecule has 0 aromatic heterocycles. The minimum absolute atomic E-state index is 1.07. The molecule has 19 heavy (non-hydrogen) atoms. The third kappa shape index (κ3) is 6.85. The molecule has 0 saturated heterocycles. The van der Waals surface area contributed by atoms with Gasteiger partial charge in [-0.15, -0.1) is 0 Å². The summed E-state index contributed by atoms with van der Waals surface area (Å²) in [7, 11) is 2.15. The summed E-state index contributed by atoms with van der Waals surface area (Å²) in [6.45, 7) is 7.63. The summed E-state index contributed by atoms with van der Waals surface area (Å²) >= 11 is 0. The van der Waals surface area contributed by atoms with Gasteiger partial charge in [-0.1, -0.05) is 41.5 Å². The Bertz CT molecular complexity index is 411. The Balaban J connectivity index is 2.30. The molecule has 0 saturated carbocycles. The summed E-state index contributed by atoms with van der Waals surface area (Å²) < 4.78 is 0. The molecule has 0 aliphatic heterocycles. The summed E-state index contributed by atoms with van der Waals surface area (Å²) in [4.78, 5) is 2.31. The van der Waals surface area contributed by atoms with Crippen molar-refractivity contribution in [2.75, 3.05) is 18.5 Å². The lowest BCUT2D eigenvalue weighted by Crippen LogP contribution is -2.17. The molecular weight excluding hydrogens is 230 g/mol. The van der Waals surface area contributed by atoms with Gasteiger partial charge in [-0.3, -0.25) is 0 Å². The zero-order valence-electron chi connectivity index (χ0n) is 12.8. The van der Waals surface area contributed by atoms with E-state index in [1.807, 2.05) is 0 Å². The van der Waals surface area contributed by atoms with Crippen molar-refractivity contribution in [3.05, 3.63) is 53.6 Å². The summed E-state index contributed by atoms with van der Waals surface area (Å²) in [5.41, 5.74) is 4.20. The third-order valence-corrected chi connectivity index (χ3v) is 3.25. The molecular formula is C18H27N. The molecule has 0 radical (unpaired) electrons. The molecule has 0 bridgehead atoms. The fraction of sp³-hybridized carbons (Fsp3) is 0.444. The number of nitrogens with zero attached hydrogens (tertiary/aromatic N) is 1. The van der Waals surface area contributed by atoms with Crippen molar-refractivity contribution >= 4 is 5.69 Å². The third-order valence-electron chi connectivity index (χ3n) is 3.25. The molecule has 0 aliphatic rings. The number of hydrogen-bond acceptors (Lipinski definition) is 1. The normalized spacial score (nSPS) is 11.3. The predicted molar refractivity (Wildman–Crippen MR) is 86.8 cm³/mol. The number of rotatable bonds is 7. The van der Waals surface area contributed by atoms with E-state index in [0.29, 0.717) is 0 Å². The van der Waals surface area contributed by atoms with E-state index in [0.717, 1.165) is 13.0 Å². The molecule has 0 aliphatic carbocycles. The van der Waals surface area contributed by atoms with Crippen molar-refractivity contribution < 1.29 is 0 Å². The van der Waals surface area contributed by atoms with E-state index in [9.17, 15) is 0 Å². The van der Waals surface area contributed by atoms with Crippen LogP contribution in [0.25, 0.3) is 0 Å². The van der Waals surface area contributed by atoms with E-state index in [1.54, 1.807) is 0 Å². The first-order chi connectivity index (χ1) is 9.09. The second-order valence-corrected chi connectivity index (χ2v) is 5.42. The number of allylic oxidation sites excluding steroid dienone is 3. The minimum Gasteiger partial charge on any atom is -0.374 e. The van der Waals surface area contributed by atoms with E-state index in [2.05, 4.69) is 75.2 Å². The first-order valence-corrected chi connectivity index (χ1v) is 7.15. The molecule has 0 atom stereocenters. The smallest absolute Gasteiger partial charge is 0.0363 e. The monoisotopic (exact) mass is 257 g/mol. The lowest BCUT2D eigenvalue weighted by Gasteiger charge is -2.18.